The first-order valence-corrected chi connectivity index (χ1v) is 6.72. The van der Waals surface area contributed by atoms with Crippen molar-refractivity contribution in [2.75, 3.05) is 7.11 Å². The SMILES string of the molecule is CCC(Cc1ccc2cc(OC)nc(C)c2c1)C(=O)O. The Balaban J connectivity index is 2.38. The fraction of sp³-hybridized carbons (Fsp3) is 0.375. The van der Waals surface area contributed by atoms with Gasteiger partial charge in [-0.1, -0.05) is 19.1 Å². The lowest BCUT2D eigenvalue weighted by molar-refractivity contribution is -0.141. The third-order valence-electron chi connectivity index (χ3n) is 3.60. The molecule has 2 aromatic rings. The number of nitrogens with zero attached hydrogens (tertiary/aromatic N) is 1. The lowest BCUT2D eigenvalue weighted by Crippen LogP contribution is -2.15. The van der Waals surface area contributed by atoms with Crippen molar-refractivity contribution in [3.63, 3.8) is 0 Å². The highest BCUT2D eigenvalue weighted by molar-refractivity contribution is 5.86. The largest absolute Gasteiger partial charge is 0.481 e. The van der Waals surface area contributed by atoms with Gasteiger partial charge in [0, 0.05) is 17.1 Å². The Bertz CT molecular complexity index is 637. The number of hydrogen-bond donors (Lipinski definition) is 1. The van der Waals surface area contributed by atoms with E-state index in [-0.39, 0.29) is 5.92 Å². The molecule has 0 aliphatic rings. The summed E-state index contributed by atoms with van der Waals surface area (Å²) in [5, 5.41) is 11.2. The molecule has 0 saturated carbocycles. The number of aromatic nitrogens is 1. The summed E-state index contributed by atoms with van der Waals surface area (Å²) in [5.41, 5.74) is 1.92. The van der Waals surface area contributed by atoms with Crippen molar-refractivity contribution >= 4 is 16.7 Å². The minimum absolute atomic E-state index is 0.334. The van der Waals surface area contributed by atoms with Gasteiger partial charge in [0.1, 0.15) is 0 Å². The van der Waals surface area contributed by atoms with Crippen LogP contribution < -0.4 is 4.74 Å². The van der Waals surface area contributed by atoms with Crippen LogP contribution in [0.5, 0.6) is 5.88 Å². The van der Waals surface area contributed by atoms with Crippen LogP contribution in [0.25, 0.3) is 10.8 Å². The first-order chi connectivity index (χ1) is 9.55. The number of ether oxygens (including phenoxy) is 1. The van der Waals surface area contributed by atoms with Crippen LogP contribution in [0.2, 0.25) is 0 Å². The number of aryl methyl sites for hydroxylation is 1. The van der Waals surface area contributed by atoms with Crippen LogP contribution in [0.15, 0.2) is 24.3 Å². The molecule has 4 nitrogen and oxygen atoms in total. The van der Waals surface area contributed by atoms with Crippen molar-refractivity contribution in [1.29, 1.82) is 0 Å². The molecule has 20 heavy (non-hydrogen) atoms. The van der Waals surface area contributed by atoms with Gasteiger partial charge in [0.2, 0.25) is 5.88 Å². The van der Waals surface area contributed by atoms with E-state index in [0.29, 0.717) is 18.7 Å². The van der Waals surface area contributed by atoms with Crippen molar-refractivity contribution in [3.05, 3.63) is 35.5 Å². The Morgan fingerprint density at radius 3 is 2.75 bits per heavy atom. The molecule has 0 fully saturated rings. The summed E-state index contributed by atoms with van der Waals surface area (Å²) >= 11 is 0. The van der Waals surface area contributed by atoms with Crippen molar-refractivity contribution in [1.82, 2.24) is 4.98 Å². The quantitative estimate of drug-likeness (QED) is 0.908. The van der Waals surface area contributed by atoms with Gasteiger partial charge in [-0.3, -0.25) is 4.79 Å². The van der Waals surface area contributed by atoms with E-state index < -0.39 is 5.97 Å². The first kappa shape index (κ1) is 14.3. The normalized spacial score (nSPS) is 12.3. The molecule has 1 unspecified atom stereocenters. The van der Waals surface area contributed by atoms with Crippen molar-refractivity contribution in [2.24, 2.45) is 5.92 Å². The Morgan fingerprint density at radius 2 is 2.15 bits per heavy atom. The van der Waals surface area contributed by atoms with E-state index in [0.717, 1.165) is 22.0 Å². The van der Waals surface area contributed by atoms with Gasteiger partial charge in [-0.25, -0.2) is 4.98 Å². The minimum atomic E-state index is -0.739. The van der Waals surface area contributed by atoms with Gasteiger partial charge < -0.3 is 9.84 Å². The maximum absolute atomic E-state index is 11.1. The molecule has 1 N–H and O–H groups in total. The van der Waals surface area contributed by atoms with Gasteiger partial charge in [0.05, 0.1) is 13.0 Å². The zero-order chi connectivity index (χ0) is 14.7. The number of methoxy groups -OCH3 is 1. The van der Waals surface area contributed by atoms with Gasteiger partial charge >= 0.3 is 5.97 Å². The van der Waals surface area contributed by atoms with E-state index >= 15 is 0 Å². The van der Waals surface area contributed by atoms with Crippen molar-refractivity contribution in [3.8, 4) is 5.88 Å². The van der Waals surface area contributed by atoms with Crippen LogP contribution >= 0.6 is 0 Å². The van der Waals surface area contributed by atoms with Gasteiger partial charge in [0.15, 0.2) is 0 Å². The molecule has 0 amide bonds. The molecule has 0 radical (unpaired) electrons. The predicted octanol–water partition coefficient (Wildman–Crippen LogP) is 3.21. The molecule has 0 saturated heterocycles. The zero-order valence-corrected chi connectivity index (χ0v) is 12.0. The molecule has 1 heterocycles. The number of carboxylic acid groups (broad SMARTS) is 1. The van der Waals surface area contributed by atoms with E-state index in [1.54, 1.807) is 7.11 Å². The maximum atomic E-state index is 11.1. The van der Waals surface area contributed by atoms with Crippen LogP contribution in [-0.2, 0) is 11.2 Å². The Kier molecular flexibility index (Phi) is 4.23. The molecule has 0 aliphatic heterocycles. The molecule has 0 aliphatic carbocycles. The smallest absolute Gasteiger partial charge is 0.306 e. The number of carboxylic acids is 1. The molecule has 106 valence electrons. The molecule has 0 bridgehead atoms. The molecular formula is C16H19NO3. The second kappa shape index (κ2) is 5.90. The minimum Gasteiger partial charge on any atom is -0.481 e. The number of benzene rings is 1. The fourth-order valence-electron chi connectivity index (χ4n) is 2.36. The lowest BCUT2D eigenvalue weighted by Gasteiger charge is -2.11. The van der Waals surface area contributed by atoms with Gasteiger partial charge in [0.25, 0.3) is 0 Å². The van der Waals surface area contributed by atoms with Gasteiger partial charge in [-0.2, -0.15) is 0 Å². The van der Waals surface area contributed by atoms with Crippen LogP contribution in [0, 0.1) is 12.8 Å². The summed E-state index contributed by atoms with van der Waals surface area (Å²) in [6.45, 7) is 3.83. The first-order valence-electron chi connectivity index (χ1n) is 6.72. The predicted molar refractivity (Wildman–Crippen MR) is 78.2 cm³/mol. The Morgan fingerprint density at radius 1 is 1.40 bits per heavy atom. The fourth-order valence-corrected chi connectivity index (χ4v) is 2.36. The summed E-state index contributed by atoms with van der Waals surface area (Å²) in [4.78, 5) is 15.5. The van der Waals surface area contributed by atoms with E-state index in [1.165, 1.54) is 0 Å². The topological polar surface area (TPSA) is 59.4 Å². The summed E-state index contributed by atoms with van der Waals surface area (Å²) in [6.07, 6.45) is 1.18. The molecule has 1 atom stereocenters. The van der Waals surface area contributed by atoms with Gasteiger partial charge in [-0.05, 0) is 36.8 Å². The average molecular weight is 273 g/mol. The van der Waals surface area contributed by atoms with E-state index in [1.807, 2.05) is 38.1 Å². The molecule has 4 heteroatoms. The molecule has 1 aromatic carbocycles. The van der Waals surface area contributed by atoms with Crippen LogP contribution in [0.1, 0.15) is 24.6 Å². The molecular weight excluding hydrogens is 254 g/mol. The molecule has 0 spiro atoms. The molecule has 2 rings (SSSR count). The number of pyridine rings is 1. The van der Waals surface area contributed by atoms with E-state index in [9.17, 15) is 4.79 Å². The number of fused-ring (bicyclic) bond motifs is 1. The van der Waals surface area contributed by atoms with Gasteiger partial charge in [-0.15, -0.1) is 0 Å². The summed E-state index contributed by atoms with van der Waals surface area (Å²) in [7, 11) is 1.60. The second-order valence-electron chi connectivity index (χ2n) is 4.95. The second-order valence-corrected chi connectivity index (χ2v) is 4.95. The highest BCUT2D eigenvalue weighted by atomic mass is 16.5. The Labute approximate surface area is 118 Å². The monoisotopic (exact) mass is 273 g/mol. The highest BCUT2D eigenvalue weighted by Crippen LogP contribution is 2.24. The third-order valence-corrected chi connectivity index (χ3v) is 3.60. The van der Waals surface area contributed by atoms with Crippen molar-refractivity contribution in [2.45, 2.75) is 26.7 Å². The van der Waals surface area contributed by atoms with E-state index in [4.69, 9.17) is 9.84 Å². The number of carbonyl (C=O) groups is 1. The summed E-state index contributed by atoms with van der Waals surface area (Å²) in [6, 6.07) is 7.90. The zero-order valence-electron chi connectivity index (χ0n) is 12.0. The third kappa shape index (κ3) is 2.90. The van der Waals surface area contributed by atoms with Crippen molar-refractivity contribution < 1.29 is 14.6 Å². The average Bonchev–Trinajstić information content (AvgIpc) is 2.44. The number of hydrogen-bond acceptors (Lipinski definition) is 3. The number of rotatable bonds is 5. The Hall–Kier alpha value is -2.10. The standard InChI is InChI=1S/C16H19NO3/c1-4-12(16(18)19)7-11-5-6-13-9-15(20-3)17-10(2)14(13)8-11/h5-6,8-9,12H,4,7H2,1-3H3,(H,18,19). The lowest BCUT2D eigenvalue weighted by atomic mass is 9.95. The number of aliphatic carboxylic acids is 1. The molecule has 1 aromatic heterocycles. The van der Waals surface area contributed by atoms with E-state index in [2.05, 4.69) is 4.98 Å². The van der Waals surface area contributed by atoms with Crippen LogP contribution in [0.4, 0.5) is 0 Å². The maximum Gasteiger partial charge on any atom is 0.306 e. The van der Waals surface area contributed by atoms with Crippen LogP contribution in [-0.4, -0.2) is 23.2 Å². The summed E-state index contributed by atoms with van der Waals surface area (Å²) < 4.78 is 5.16. The summed E-state index contributed by atoms with van der Waals surface area (Å²) in [5.74, 6) is -0.476. The van der Waals surface area contributed by atoms with Crippen LogP contribution in [0.3, 0.4) is 0 Å². The highest BCUT2D eigenvalue weighted by Gasteiger charge is 2.16.